The fourth-order valence-corrected chi connectivity index (χ4v) is 3.72. The first-order valence-corrected chi connectivity index (χ1v) is 9.22. The minimum atomic E-state index is -0.472. The largest absolute Gasteiger partial charge is 0.460 e. The molecule has 3 aromatic carbocycles. The van der Waals surface area contributed by atoms with E-state index in [2.05, 4.69) is 41.4 Å². The molecule has 0 saturated heterocycles. The first-order chi connectivity index (χ1) is 13.8. The molecule has 0 radical (unpaired) electrons. The third-order valence-corrected chi connectivity index (χ3v) is 5.20. The minimum absolute atomic E-state index is 0.252. The Labute approximate surface area is 161 Å². The molecule has 0 fully saturated rings. The van der Waals surface area contributed by atoms with E-state index in [1.807, 2.05) is 30.3 Å². The van der Waals surface area contributed by atoms with Crippen LogP contribution in [0.4, 0.5) is 0 Å². The van der Waals surface area contributed by atoms with Gasteiger partial charge in [0.15, 0.2) is 11.5 Å². The van der Waals surface area contributed by atoms with Gasteiger partial charge < -0.3 is 23.9 Å². The van der Waals surface area contributed by atoms with Gasteiger partial charge in [0.2, 0.25) is 13.1 Å². The molecule has 1 aromatic heterocycles. The van der Waals surface area contributed by atoms with E-state index in [-0.39, 0.29) is 6.79 Å². The van der Waals surface area contributed by atoms with Crippen molar-refractivity contribution in [3.05, 3.63) is 77.9 Å². The second kappa shape index (κ2) is 6.04. The maximum absolute atomic E-state index is 6.18. The average molecular weight is 371 g/mol. The zero-order valence-corrected chi connectivity index (χ0v) is 15.0. The van der Waals surface area contributed by atoms with E-state index in [1.165, 1.54) is 5.39 Å². The predicted octanol–water partition coefficient (Wildman–Crippen LogP) is 5.17. The molecule has 4 aromatic rings. The van der Waals surface area contributed by atoms with Crippen molar-refractivity contribution in [2.75, 3.05) is 6.79 Å². The molecule has 1 N–H and O–H groups in total. The Hall–Kier alpha value is -3.44. The van der Waals surface area contributed by atoms with Crippen LogP contribution >= 0.6 is 0 Å². The van der Waals surface area contributed by atoms with Gasteiger partial charge in [-0.15, -0.1) is 0 Å². The fraction of sp³-hybridized carbons (Fsp3) is 0.130. The van der Waals surface area contributed by atoms with Crippen molar-refractivity contribution in [1.29, 1.82) is 0 Å². The number of hydrogen-bond acceptors (Lipinski definition) is 4. The highest BCUT2D eigenvalue weighted by atomic mass is 16.7. The summed E-state index contributed by atoms with van der Waals surface area (Å²) in [4.78, 5) is 3.47. The predicted molar refractivity (Wildman–Crippen MR) is 104 cm³/mol. The summed E-state index contributed by atoms with van der Waals surface area (Å²) in [6, 6.07) is 22.4. The van der Waals surface area contributed by atoms with Crippen LogP contribution < -0.4 is 14.2 Å². The van der Waals surface area contributed by atoms with Crippen LogP contribution in [0.1, 0.15) is 17.4 Å². The van der Waals surface area contributed by atoms with Crippen LogP contribution in [0.15, 0.2) is 66.7 Å². The van der Waals surface area contributed by atoms with E-state index in [9.17, 15) is 0 Å². The Morgan fingerprint density at radius 1 is 0.821 bits per heavy atom. The molecule has 2 aliphatic heterocycles. The van der Waals surface area contributed by atoms with Crippen LogP contribution in [0.2, 0.25) is 0 Å². The number of ether oxygens (including phenoxy) is 4. The second-order valence-corrected chi connectivity index (χ2v) is 6.97. The highest BCUT2D eigenvalue weighted by Crippen LogP contribution is 2.39. The maximum atomic E-state index is 6.18. The van der Waals surface area contributed by atoms with Gasteiger partial charge in [0.05, 0.1) is 6.61 Å². The quantitative estimate of drug-likeness (QED) is 0.528. The van der Waals surface area contributed by atoms with Crippen LogP contribution in [0.25, 0.3) is 22.2 Å². The summed E-state index contributed by atoms with van der Waals surface area (Å²) in [6.07, 6.45) is -0.472. The molecule has 28 heavy (non-hydrogen) atoms. The summed E-state index contributed by atoms with van der Waals surface area (Å²) in [5.74, 6) is 2.31. The van der Waals surface area contributed by atoms with Crippen LogP contribution in [0.3, 0.4) is 0 Å². The van der Waals surface area contributed by atoms with Crippen molar-refractivity contribution in [1.82, 2.24) is 4.98 Å². The molecule has 2 aliphatic rings. The molecule has 0 bridgehead atoms. The molecule has 6 rings (SSSR count). The lowest BCUT2D eigenvalue weighted by Gasteiger charge is -2.27. The van der Waals surface area contributed by atoms with Crippen molar-refractivity contribution in [3.63, 3.8) is 0 Å². The van der Waals surface area contributed by atoms with Crippen molar-refractivity contribution >= 4 is 10.9 Å². The number of benzene rings is 3. The monoisotopic (exact) mass is 371 g/mol. The molecule has 3 heterocycles. The lowest BCUT2D eigenvalue weighted by atomic mass is 10.1. The number of fused-ring (bicyclic) bond motifs is 3. The van der Waals surface area contributed by atoms with Crippen LogP contribution in [-0.4, -0.2) is 11.8 Å². The van der Waals surface area contributed by atoms with Crippen LogP contribution in [0, 0.1) is 0 Å². The molecule has 138 valence electrons. The molecule has 0 amide bonds. The van der Waals surface area contributed by atoms with E-state index >= 15 is 0 Å². The van der Waals surface area contributed by atoms with Gasteiger partial charge in [0.25, 0.3) is 0 Å². The molecular weight excluding hydrogens is 354 g/mol. The van der Waals surface area contributed by atoms with Crippen LogP contribution in [-0.2, 0) is 11.3 Å². The van der Waals surface area contributed by atoms with Gasteiger partial charge in [-0.2, -0.15) is 0 Å². The van der Waals surface area contributed by atoms with E-state index in [0.29, 0.717) is 6.61 Å². The Bertz CT molecular complexity index is 1160. The Morgan fingerprint density at radius 3 is 2.71 bits per heavy atom. The molecule has 1 atom stereocenters. The summed E-state index contributed by atoms with van der Waals surface area (Å²) in [5, 5.41) is 1.19. The average Bonchev–Trinajstić information content (AvgIpc) is 3.39. The number of H-pyrrole nitrogens is 1. The summed E-state index contributed by atoms with van der Waals surface area (Å²) >= 11 is 0. The smallest absolute Gasteiger partial charge is 0.231 e. The van der Waals surface area contributed by atoms with E-state index in [1.54, 1.807) is 0 Å². The number of aromatic nitrogens is 1. The lowest BCUT2D eigenvalue weighted by molar-refractivity contribution is -0.111. The molecular formula is C23H17NO4. The SMILES string of the molecule is c1ccc2[nH]c(-c3ccc4c(c3)OC(c3ccc5c(c3)OCO5)OC4)cc2c1. The number of para-hydroxylation sites is 1. The number of nitrogens with one attached hydrogen (secondary N) is 1. The summed E-state index contributed by atoms with van der Waals surface area (Å²) < 4.78 is 22.9. The molecule has 0 saturated carbocycles. The zero-order chi connectivity index (χ0) is 18.5. The van der Waals surface area contributed by atoms with Crippen molar-refractivity contribution in [3.8, 4) is 28.5 Å². The van der Waals surface area contributed by atoms with Gasteiger partial charge in [-0.05, 0) is 36.4 Å². The molecule has 0 spiro atoms. The van der Waals surface area contributed by atoms with E-state index < -0.39 is 6.29 Å². The third kappa shape index (κ3) is 2.52. The topological polar surface area (TPSA) is 52.7 Å². The zero-order valence-electron chi connectivity index (χ0n) is 15.0. The lowest BCUT2D eigenvalue weighted by Crippen LogP contribution is -2.17. The van der Waals surface area contributed by atoms with E-state index in [4.69, 9.17) is 18.9 Å². The van der Waals surface area contributed by atoms with Crippen molar-refractivity contribution < 1.29 is 18.9 Å². The van der Waals surface area contributed by atoms with Gasteiger partial charge in [-0.3, -0.25) is 0 Å². The van der Waals surface area contributed by atoms with E-state index in [0.717, 1.165) is 45.1 Å². The number of hydrogen-bond donors (Lipinski definition) is 1. The summed E-state index contributed by atoms with van der Waals surface area (Å²) in [7, 11) is 0. The van der Waals surface area contributed by atoms with Gasteiger partial charge in [-0.25, -0.2) is 0 Å². The molecule has 0 aliphatic carbocycles. The van der Waals surface area contributed by atoms with Crippen molar-refractivity contribution in [2.24, 2.45) is 0 Å². The molecule has 1 unspecified atom stereocenters. The Balaban J connectivity index is 1.33. The molecule has 5 nitrogen and oxygen atoms in total. The van der Waals surface area contributed by atoms with Crippen molar-refractivity contribution in [2.45, 2.75) is 12.9 Å². The van der Waals surface area contributed by atoms with Gasteiger partial charge in [0.1, 0.15) is 5.75 Å². The molecule has 5 heteroatoms. The van der Waals surface area contributed by atoms with Gasteiger partial charge in [-0.1, -0.05) is 30.3 Å². The standard InChI is InChI=1S/C23H17NO4/c1-2-4-18-14(3-1)9-19(24-18)15-5-6-17-12-25-23(28-21(17)10-15)16-7-8-20-22(11-16)27-13-26-20/h1-11,23-24H,12-13H2. The Kier molecular flexibility index (Phi) is 3.36. The Morgan fingerprint density at radius 2 is 1.75 bits per heavy atom. The summed E-state index contributed by atoms with van der Waals surface area (Å²) in [6.45, 7) is 0.753. The first-order valence-electron chi connectivity index (χ1n) is 9.22. The second-order valence-electron chi connectivity index (χ2n) is 6.97. The van der Waals surface area contributed by atoms with Gasteiger partial charge in [0, 0.05) is 33.3 Å². The number of rotatable bonds is 2. The number of aromatic amines is 1. The highest BCUT2D eigenvalue weighted by Gasteiger charge is 2.25. The fourth-order valence-electron chi connectivity index (χ4n) is 3.72. The first kappa shape index (κ1) is 15.6. The third-order valence-electron chi connectivity index (χ3n) is 5.20. The maximum Gasteiger partial charge on any atom is 0.231 e. The normalized spacial score (nSPS) is 17.4. The summed E-state index contributed by atoms with van der Waals surface area (Å²) in [5.41, 5.74) is 5.22. The van der Waals surface area contributed by atoms with Crippen LogP contribution in [0.5, 0.6) is 17.2 Å². The minimum Gasteiger partial charge on any atom is -0.460 e. The highest BCUT2D eigenvalue weighted by molar-refractivity contribution is 5.86. The van der Waals surface area contributed by atoms with Gasteiger partial charge >= 0.3 is 0 Å².